The first kappa shape index (κ1) is 21.9. The Morgan fingerprint density at radius 3 is 2.77 bits per heavy atom. The third-order valence-electron chi connectivity index (χ3n) is 5.39. The first-order chi connectivity index (χ1) is 14.2. The van der Waals surface area contributed by atoms with Crippen molar-refractivity contribution in [3.63, 3.8) is 0 Å². The monoisotopic (exact) mass is 414 g/mol. The van der Waals surface area contributed by atoms with Gasteiger partial charge in [0.25, 0.3) is 17.0 Å². The molecular weight excluding hydrogens is 384 g/mol. The van der Waals surface area contributed by atoms with Crippen molar-refractivity contribution in [2.75, 3.05) is 19.6 Å². The molecule has 1 saturated heterocycles. The molecule has 0 spiro atoms. The summed E-state index contributed by atoms with van der Waals surface area (Å²) in [4.78, 5) is 44.5. The molecule has 3 heterocycles. The standard InChI is InChI=1S/C21H30N6O3/c1-21(2,3)17-7-8-19(29)27(25-17)11-10-26-9-5-4-6-15(26)13-22-20(30)16-12-18(28)24-14-23-16/h7-8,12,14-15H,4-6,9-11,13H2,1-3H3,(H,22,30)(H,23,24,28). The summed E-state index contributed by atoms with van der Waals surface area (Å²) in [6.07, 6.45) is 4.37. The van der Waals surface area contributed by atoms with Crippen LogP contribution in [0.2, 0.25) is 0 Å². The number of piperidine rings is 1. The molecule has 162 valence electrons. The number of carbonyl (C=O) groups excluding carboxylic acids is 1. The zero-order chi connectivity index (χ0) is 21.7. The average molecular weight is 415 g/mol. The van der Waals surface area contributed by atoms with E-state index in [1.54, 1.807) is 12.1 Å². The number of hydrogen-bond acceptors (Lipinski definition) is 6. The van der Waals surface area contributed by atoms with Gasteiger partial charge in [0.15, 0.2) is 0 Å². The molecule has 1 atom stereocenters. The Kier molecular flexibility index (Phi) is 6.81. The van der Waals surface area contributed by atoms with E-state index in [1.807, 2.05) is 0 Å². The highest BCUT2D eigenvalue weighted by Crippen LogP contribution is 2.19. The molecule has 2 N–H and O–H groups in total. The number of rotatable bonds is 6. The maximum atomic E-state index is 12.3. The van der Waals surface area contributed by atoms with Gasteiger partial charge in [0.05, 0.1) is 18.6 Å². The Bertz CT molecular complexity index is 991. The van der Waals surface area contributed by atoms with Crippen molar-refractivity contribution in [1.82, 2.24) is 30.0 Å². The van der Waals surface area contributed by atoms with Crippen molar-refractivity contribution in [2.45, 2.75) is 58.0 Å². The maximum Gasteiger partial charge on any atom is 0.270 e. The highest BCUT2D eigenvalue weighted by molar-refractivity contribution is 5.92. The number of amides is 1. The highest BCUT2D eigenvalue weighted by atomic mass is 16.2. The van der Waals surface area contributed by atoms with Gasteiger partial charge in [0.2, 0.25) is 0 Å². The first-order valence-electron chi connectivity index (χ1n) is 10.4. The van der Waals surface area contributed by atoms with E-state index in [2.05, 4.69) is 46.1 Å². The fourth-order valence-corrected chi connectivity index (χ4v) is 3.61. The Balaban J connectivity index is 1.62. The van der Waals surface area contributed by atoms with Crippen LogP contribution in [0.15, 0.2) is 34.1 Å². The van der Waals surface area contributed by atoms with E-state index in [0.29, 0.717) is 19.6 Å². The molecule has 1 fully saturated rings. The topological polar surface area (TPSA) is 113 Å². The zero-order valence-corrected chi connectivity index (χ0v) is 17.9. The molecule has 1 aliphatic heterocycles. The van der Waals surface area contributed by atoms with Gasteiger partial charge in [0, 0.05) is 36.7 Å². The summed E-state index contributed by atoms with van der Waals surface area (Å²) >= 11 is 0. The molecule has 0 radical (unpaired) electrons. The maximum absolute atomic E-state index is 12.3. The van der Waals surface area contributed by atoms with Gasteiger partial charge in [-0.3, -0.25) is 19.3 Å². The summed E-state index contributed by atoms with van der Waals surface area (Å²) < 4.78 is 1.53. The van der Waals surface area contributed by atoms with Crippen LogP contribution in [0.5, 0.6) is 0 Å². The van der Waals surface area contributed by atoms with E-state index in [1.165, 1.54) is 17.1 Å². The number of nitrogens with zero attached hydrogens (tertiary/aromatic N) is 4. The molecule has 0 bridgehead atoms. The molecule has 30 heavy (non-hydrogen) atoms. The molecule has 1 amide bonds. The predicted octanol–water partition coefficient (Wildman–Crippen LogP) is 0.909. The molecular formula is C21H30N6O3. The fraction of sp³-hybridized carbons (Fsp3) is 0.571. The molecule has 9 heteroatoms. The van der Waals surface area contributed by atoms with Crippen molar-refractivity contribution in [3.05, 3.63) is 56.6 Å². The number of aromatic nitrogens is 4. The van der Waals surface area contributed by atoms with E-state index >= 15 is 0 Å². The summed E-state index contributed by atoms with van der Waals surface area (Å²) in [6, 6.07) is 4.73. The molecule has 0 aliphatic carbocycles. The Labute approximate surface area is 175 Å². The second kappa shape index (κ2) is 9.34. The van der Waals surface area contributed by atoms with Gasteiger partial charge < -0.3 is 10.3 Å². The van der Waals surface area contributed by atoms with E-state index in [4.69, 9.17) is 0 Å². The summed E-state index contributed by atoms with van der Waals surface area (Å²) in [5.74, 6) is -0.359. The SMILES string of the molecule is CC(C)(C)c1ccc(=O)n(CCN2CCCCC2CNC(=O)c2cc(=O)[nH]cn2)n1. The van der Waals surface area contributed by atoms with Crippen molar-refractivity contribution in [2.24, 2.45) is 0 Å². The van der Waals surface area contributed by atoms with Gasteiger partial charge in [-0.15, -0.1) is 0 Å². The van der Waals surface area contributed by atoms with Crippen LogP contribution < -0.4 is 16.4 Å². The number of aromatic amines is 1. The van der Waals surface area contributed by atoms with E-state index in [0.717, 1.165) is 31.5 Å². The molecule has 3 rings (SSSR count). The predicted molar refractivity (Wildman–Crippen MR) is 114 cm³/mol. The number of hydrogen-bond donors (Lipinski definition) is 2. The van der Waals surface area contributed by atoms with Crippen molar-refractivity contribution in [1.29, 1.82) is 0 Å². The van der Waals surface area contributed by atoms with Crippen LogP contribution in [0, 0.1) is 0 Å². The number of H-pyrrole nitrogens is 1. The first-order valence-corrected chi connectivity index (χ1v) is 10.4. The lowest BCUT2D eigenvalue weighted by molar-refractivity contribution is 0.0904. The minimum atomic E-state index is -0.359. The lowest BCUT2D eigenvalue weighted by atomic mass is 9.92. The third-order valence-corrected chi connectivity index (χ3v) is 5.39. The van der Waals surface area contributed by atoms with Crippen molar-refractivity contribution < 1.29 is 4.79 Å². The van der Waals surface area contributed by atoms with Gasteiger partial charge in [-0.2, -0.15) is 5.10 Å². The van der Waals surface area contributed by atoms with Crippen LogP contribution in [-0.4, -0.2) is 56.2 Å². The Morgan fingerprint density at radius 2 is 2.03 bits per heavy atom. The summed E-state index contributed by atoms with van der Waals surface area (Å²) in [7, 11) is 0. The molecule has 9 nitrogen and oxygen atoms in total. The van der Waals surface area contributed by atoms with Crippen LogP contribution in [0.25, 0.3) is 0 Å². The van der Waals surface area contributed by atoms with Crippen molar-refractivity contribution >= 4 is 5.91 Å². The van der Waals surface area contributed by atoms with Crippen LogP contribution >= 0.6 is 0 Å². The minimum absolute atomic E-state index is 0.106. The minimum Gasteiger partial charge on any atom is -0.349 e. The largest absolute Gasteiger partial charge is 0.349 e. The lowest BCUT2D eigenvalue weighted by Crippen LogP contribution is -2.48. The normalized spacial score (nSPS) is 17.6. The van der Waals surface area contributed by atoms with Crippen LogP contribution in [0.4, 0.5) is 0 Å². The van der Waals surface area contributed by atoms with Gasteiger partial charge >= 0.3 is 0 Å². The number of carbonyl (C=O) groups is 1. The summed E-state index contributed by atoms with van der Waals surface area (Å²) in [6.45, 7) is 8.79. The van der Waals surface area contributed by atoms with Gasteiger partial charge in [0.1, 0.15) is 5.69 Å². The summed E-state index contributed by atoms with van der Waals surface area (Å²) in [5, 5.41) is 7.43. The van der Waals surface area contributed by atoms with Crippen LogP contribution in [0.1, 0.15) is 56.2 Å². The molecule has 0 saturated carbocycles. The molecule has 1 aliphatic rings. The van der Waals surface area contributed by atoms with Crippen molar-refractivity contribution in [3.8, 4) is 0 Å². The highest BCUT2D eigenvalue weighted by Gasteiger charge is 2.24. The molecule has 2 aromatic rings. The number of likely N-dealkylation sites (tertiary alicyclic amines) is 1. The zero-order valence-electron chi connectivity index (χ0n) is 17.9. The Hall–Kier alpha value is -2.81. The summed E-state index contributed by atoms with van der Waals surface area (Å²) in [5.41, 5.74) is 0.404. The van der Waals surface area contributed by atoms with Gasteiger partial charge in [-0.05, 0) is 25.5 Å². The Morgan fingerprint density at radius 1 is 1.23 bits per heavy atom. The quantitative estimate of drug-likeness (QED) is 0.726. The molecule has 1 unspecified atom stereocenters. The second-order valence-electron chi connectivity index (χ2n) is 8.72. The molecule has 0 aromatic carbocycles. The van der Waals surface area contributed by atoms with Gasteiger partial charge in [-0.25, -0.2) is 9.67 Å². The number of nitrogens with one attached hydrogen (secondary N) is 2. The van der Waals surface area contributed by atoms with E-state index in [9.17, 15) is 14.4 Å². The van der Waals surface area contributed by atoms with E-state index < -0.39 is 0 Å². The fourth-order valence-electron chi connectivity index (χ4n) is 3.61. The van der Waals surface area contributed by atoms with Gasteiger partial charge in [-0.1, -0.05) is 27.2 Å². The van der Waals surface area contributed by atoms with Crippen LogP contribution in [-0.2, 0) is 12.0 Å². The third kappa shape index (κ3) is 5.63. The average Bonchev–Trinajstić information content (AvgIpc) is 2.71. The smallest absolute Gasteiger partial charge is 0.270 e. The van der Waals surface area contributed by atoms with E-state index in [-0.39, 0.29) is 34.2 Å². The van der Waals surface area contributed by atoms with Crippen LogP contribution in [0.3, 0.4) is 0 Å². The second-order valence-corrected chi connectivity index (χ2v) is 8.72. The lowest BCUT2D eigenvalue weighted by Gasteiger charge is -2.35. The molecule has 2 aromatic heterocycles.